The number of carbonyl (C=O) groups excluding carboxylic acids is 1. The van der Waals surface area contributed by atoms with Crippen molar-refractivity contribution < 1.29 is 14.4 Å². The molecule has 0 bridgehead atoms. The first kappa shape index (κ1) is 20.5. The SMILES string of the molecule is C=CC[C@@H](CCCN(CC)CC)ON1C(=O)OC[C@@H]1Cc1ccccc1. The van der Waals surface area contributed by atoms with Crippen LogP contribution in [-0.2, 0) is 16.0 Å². The van der Waals surface area contributed by atoms with Gasteiger partial charge in [0.2, 0.25) is 0 Å². The molecule has 1 aliphatic heterocycles. The molecular formula is C21H32N2O3. The Bertz CT molecular complexity index is 545. The Kier molecular flexibility index (Phi) is 8.65. The molecule has 0 aromatic heterocycles. The molecule has 0 unspecified atom stereocenters. The quantitative estimate of drug-likeness (QED) is 0.528. The molecule has 2 rings (SSSR count). The van der Waals surface area contributed by atoms with Gasteiger partial charge in [0.15, 0.2) is 0 Å². The van der Waals surface area contributed by atoms with Gasteiger partial charge in [-0.15, -0.1) is 6.58 Å². The summed E-state index contributed by atoms with van der Waals surface area (Å²) in [6, 6.07) is 10.0. The Hall–Kier alpha value is -1.85. The molecule has 0 aliphatic carbocycles. The van der Waals surface area contributed by atoms with Crippen LogP contribution >= 0.6 is 0 Å². The molecule has 0 radical (unpaired) electrons. The fraction of sp³-hybridized carbons (Fsp3) is 0.571. The van der Waals surface area contributed by atoms with Gasteiger partial charge in [0.05, 0.1) is 6.10 Å². The van der Waals surface area contributed by atoms with Crippen molar-refractivity contribution in [3.05, 3.63) is 48.6 Å². The third-order valence-corrected chi connectivity index (χ3v) is 4.81. The van der Waals surface area contributed by atoms with Crippen LogP contribution in [0.4, 0.5) is 4.79 Å². The van der Waals surface area contributed by atoms with Gasteiger partial charge in [-0.2, -0.15) is 5.06 Å². The summed E-state index contributed by atoms with van der Waals surface area (Å²) in [7, 11) is 0. The van der Waals surface area contributed by atoms with Crippen LogP contribution in [0, 0.1) is 0 Å². The Balaban J connectivity index is 1.91. The van der Waals surface area contributed by atoms with E-state index in [4.69, 9.17) is 9.57 Å². The van der Waals surface area contributed by atoms with Gasteiger partial charge in [-0.3, -0.25) is 4.84 Å². The summed E-state index contributed by atoms with van der Waals surface area (Å²) in [4.78, 5) is 20.6. The van der Waals surface area contributed by atoms with Crippen molar-refractivity contribution >= 4 is 6.09 Å². The van der Waals surface area contributed by atoms with Gasteiger partial charge in [0.1, 0.15) is 12.6 Å². The van der Waals surface area contributed by atoms with Crippen molar-refractivity contribution in [2.75, 3.05) is 26.2 Å². The average molecular weight is 360 g/mol. The molecule has 5 heteroatoms. The normalized spacial score (nSPS) is 18.2. The second-order valence-electron chi connectivity index (χ2n) is 6.67. The van der Waals surface area contributed by atoms with Crippen LogP contribution in [0.1, 0.15) is 38.7 Å². The van der Waals surface area contributed by atoms with Crippen LogP contribution in [-0.4, -0.2) is 54.4 Å². The summed E-state index contributed by atoms with van der Waals surface area (Å²) in [5.74, 6) is 0. The number of nitrogens with zero attached hydrogens (tertiary/aromatic N) is 2. The molecule has 1 heterocycles. The molecule has 0 saturated carbocycles. The van der Waals surface area contributed by atoms with Gasteiger partial charge in [-0.05, 0) is 50.9 Å². The molecule has 1 amide bonds. The fourth-order valence-corrected chi connectivity index (χ4v) is 3.25. The van der Waals surface area contributed by atoms with Crippen molar-refractivity contribution in [3.8, 4) is 0 Å². The molecule has 144 valence electrons. The summed E-state index contributed by atoms with van der Waals surface area (Å²) in [6.07, 6.45) is 4.80. The lowest BCUT2D eigenvalue weighted by Gasteiger charge is -2.26. The van der Waals surface area contributed by atoms with Crippen molar-refractivity contribution in [1.82, 2.24) is 9.96 Å². The second-order valence-corrected chi connectivity index (χ2v) is 6.67. The third kappa shape index (κ3) is 6.15. The van der Waals surface area contributed by atoms with E-state index in [9.17, 15) is 4.79 Å². The Labute approximate surface area is 157 Å². The van der Waals surface area contributed by atoms with E-state index in [1.165, 1.54) is 10.6 Å². The van der Waals surface area contributed by atoms with Gasteiger partial charge in [0.25, 0.3) is 0 Å². The maximum atomic E-state index is 12.1. The zero-order valence-corrected chi connectivity index (χ0v) is 16.1. The molecule has 1 saturated heterocycles. The maximum Gasteiger partial charge on any atom is 0.434 e. The van der Waals surface area contributed by atoms with Crippen LogP contribution in [0.25, 0.3) is 0 Å². The number of hydrogen-bond donors (Lipinski definition) is 0. The topological polar surface area (TPSA) is 42.0 Å². The van der Waals surface area contributed by atoms with Gasteiger partial charge in [0, 0.05) is 0 Å². The zero-order chi connectivity index (χ0) is 18.8. The molecule has 1 aromatic rings. The van der Waals surface area contributed by atoms with Crippen molar-refractivity contribution in [2.24, 2.45) is 0 Å². The predicted molar refractivity (Wildman–Crippen MR) is 104 cm³/mol. The highest BCUT2D eigenvalue weighted by Crippen LogP contribution is 2.21. The number of amides is 1. The molecular weight excluding hydrogens is 328 g/mol. The summed E-state index contributed by atoms with van der Waals surface area (Å²) in [5, 5.41) is 1.44. The summed E-state index contributed by atoms with van der Waals surface area (Å²) >= 11 is 0. The molecule has 26 heavy (non-hydrogen) atoms. The molecule has 0 spiro atoms. The summed E-state index contributed by atoms with van der Waals surface area (Å²) in [6.45, 7) is 11.7. The highest BCUT2D eigenvalue weighted by Gasteiger charge is 2.35. The van der Waals surface area contributed by atoms with E-state index >= 15 is 0 Å². The lowest BCUT2D eigenvalue weighted by molar-refractivity contribution is -0.172. The Morgan fingerprint density at radius 2 is 2.08 bits per heavy atom. The smallest absolute Gasteiger partial charge is 0.434 e. The second kappa shape index (κ2) is 11.0. The number of ether oxygens (including phenoxy) is 1. The Morgan fingerprint density at radius 3 is 2.73 bits per heavy atom. The number of benzene rings is 1. The minimum atomic E-state index is -0.385. The van der Waals surface area contributed by atoms with Gasteiger partial charge >= 0.3 is 6.09 Å². The summed E-state index contributed by atoms with van der Waals surface area (Å²) in [5.41, 5.74) is 1.17. The number of carbonyl (C=O) groups is 1. The van der Waals surface area contributed by atoms with Crippen molar-refractivity contribution in [2.45, 2.75) is 51.7 Å². The van der Waals surface area contributed by atoms with Crippen LogP contribution in [0.5, 0.6) is 0 Å². The molecule has 0 N–H and O–H groups in total. The van der Waals surface area contributed by atoms with Crippen molar-refractivity contribution in [1.29, 1.82) is 0 Å². The van der Waals surface area contributed by atoms with Gasteiger partial charge < -0.3 is 9.64 Å². The summed E-state index contributed by atoms with van der Waals surface area (Å²) < 4.78 is 5.23. The van der Waals surface area contributed by atoms with Crippen LogP contribution in [0.15, 0.2) is 43.0 Å². The van der Waals surface area contributed by atoms with E-state index in [2.05, 4.69) is 37.5 Å². The monoisotopic (exact) mass is 360 g/mol. The average Bonchev–Trinajstić information content (AvgIpc) is 2.99. The first-order valence-corrected chi connectivity index (χ1v) is 9.67. The zero-order valence-electron chi connectivity index (χ0n) is 16.1. The standard InChI is InChI=1S/C21H32N2O3/c1-4-11-20(14-10-15-22(5-2)6-3)26-23-19(17-25-21(23)24)16-18-12-8-7-9-13-18/h4,7-9,12-13,19-20H,1,5-6,10-11,14-17H2,2-3H3/t19-,20-/m0/s1. The number of hydrogen-bond acceptors (Lipinski definition) is 4. The van der Waals surface area contributed by atoms with Gasteiger partial charge in [-0.25, -0.2) is 4.79 Å². The van der Waals surface area contributed by atoms with E-state index < -0.39 is 0 Å². The highest BCUT2D eigenvalue weighted by atomic mass is 16.7. The minimum Gasteiger partial charge on any atom is -0.446 e. The van der Waals surface area contributed by atoms with Crippen molar-refractivity contribution in [3.63, 3.8) is 0 Å². The van der Waals surface area contributed by atoms with E-state index in [-0.39, 0.29) is 18.2 Å². The van der Waals surface area contributed by atoms with E-state index in [1.807, 2.05) is 24.3 Å². The molecule has 1 aliphatic rings. The fourth-order valence-electron chi connectivity index (χ4n) is 3.25. The van der Waals surface area contributed by atoms with E-state index in [1.54, 1.807) is 0 Å². The molecule has 1 fully saturated rings. The Morgan fingerprint density at radius 1 is 1.35 bits per heavy atom. The highest BCUT2D eigenvalue weighted by molar-refractivity contribution is 5.68. The lowest BCUT2D eigenvalue weighted by Crippen LogP contribution is -2.38. The van der Waals surface area contributed by atoms with Crippen LogP contribution in [0.2, 0.25) is 0 Å². The predicted octanol–water partition coefficient (Wildman–Crippen LogP) is 4.05. The number of hydroxylamine groups is 2. The first-order valence-electron chi connectivity index (χ1n) is 9.67. The maximum absolute atomic E-state index is 12.1. The number of rotatable bonds is 12. The first-order chi connectivity index (χ1) is 12.7. The van der Waals surface area contributed by atoms with Crippen LogP contribution in [0.3, 0.4) is 0 Å². The van der Waals surface area contributed by atoms with Crippen LogP contribution < -0.4 is 0 Å². The minimum absolute atomic E-state index is 0.0491. The van der Waals surface area contributed by atoms with Gasteiger partial charge in [-0.1, -0.05) is 50.3 Å². The molecule has 2 atom stereocenters. The van der Waals surface area contributed by atoms with E-state index in [0.717, 1.165) is 45.3 Å². The number of cyclic esters (lactones) is 1. The molecule has 1 aromatic carbocycles. The van der Waals surface area contributed by atoms with E-state index in [0.29, 0.717) is 6.61 Å². The third-order valence-electron chi connectivity index (χ3n) is 4.81. The largest absolute Gasteiger partial charge is 0.446 e. The lowest BCUT2D eigenvalue weighted by atomic mass is 10.1. The molecule has 5 nitrogen and oxygen atoms in total.